The molecule has 0 spiro atoms. The SMILES string of the molecule is CN1CCC(CN2C[C@H]3CCN(C)C[C@H]3C2)CC1. The molecule has 3 fully saturated rings. The highest BCUT2D eigenvalue weighted by Crippen LogP contribution is 2.31. The number of likely N-dealkylation sites (tertiary alicyclic amines) is 3. The van der Waals surface area contributed by atoms with Crippen LogP contribution in [0.5, 0.6) is 0 Å². The maximum absolute atomic E-state index is 2.78. The first-order valence-electron chi connectivity index (χ1n) is 7.80. The summed E-state index contributed by atoms with van der Waals surface area (Å²) in [5.74, 6) is 2.95. The first-order chi connectivity index (χ1) is 8.70. The van der Waals surface area contributed by atoms with Crippen molar-refractivity contribution in [3.63, 3.8) is 0 Å². The molecule has 0 radical (unpaired) electrons. The monoisotopic (exact) mass is 251 g/mol. The van der Waals surface area contributed by atoms with Crippen LogP contribution in [0.3, 0.4) is 0 Å². The molecule has 3 saturated heterocycles. The normalized spacial score (nSPS) is 37.0. The van der Waals surface area contributed by atoms with Crippen molar-refractivity contribution < 1.29 is 0 Å². The van der Waals surface area contributed by atoms with E-state index in [1.54, 1.807) is 0 Å². The summed E-state index contributed by atoms with van der Waals surface area (Å²) in [6, 6.07) is 0. The van der Waals surface area contributed by atoms with Crippen LogP contribution in [0.25, 0.3) is 0 Å². The van der Waals surface area contributed by atoms with E-state index in [0.29, 0.717) is 0 Å². The zero-order valence-electron chi connectivity index (χ0n) is 12.1. The van der Waals surface area contributed by atoms with E-state index in [9.17, 15) is 0 Å². The quantitative estimate of drug-likeness (QED) is 0.730. The maximum atomic E-state index is 2.78. The summed E-state index contributed by atoms with van der Waals surface area (Å²) in [7, 11) is 4.55. The first kappa shape index (κ1) is 12.9. The second kappa shape index (κ2) is 5.48. The highest BCUT2D eigenvalue weighted by atomic mass is 15.2. The third-order valence-electron chi connectivity index (χ3n) is 5.43. The van der Waals surface area contributed by atoms with Crippen LogP contribution in [-0.4, -0.2) is 74.6 Å². The molecule has 2 atom stereocenters. The Morgan fingerprint density at radius 1 is 0.778 bits per heavy atom. The Kier molecular flexibility index (Phi) is 3.92. The molecular weight excluding hydrogens is 222 g/mol. The molecule has 0 aromatic carbocycles. The van der Waals surface area contributed by atoms with Gasteiger partial charge in [0.1, 0.15) is 0 Å². The van der Waals surface area contributed by atoms with Gasteiger partial charge < -0.3 is 14.7 Å². The van der Waals surface area contributed by atoms with Crippen LogP contribution in [0.2, 0.25) is 0 Å². The van der Waals surface area contributed by atoms with E-state index in [1.165, 1.54) is 65.1 Å². The molecule has 3 aliphatic rings. The number of fused-ring (bicyclic) bond motifs is 1. The molecule has 3 aliphatic heterocycles. The standard InChI is InChI=1S/C15H29N3/c1-16-6-3-13(4-7-16)9-18-11-14-5-8-17(2)10-15(14)12-18/h13-15H,3-12H2,1-2H3/t14-,15+/m1/s1. The van der Waals surface area contributed by atoms with E-state index in [0.717, 1.165) is 17.8 Å². The van der Waals surface area contributed by atoms with Gasteiger partial charge in [0.05, 0.1) is 0 Å². The van der Waals surface area contributed by atoms with Crippen molar-refractivity contribution in [1.29, 1.82) is 0 Å². The largest absolute Gasteiger partial charge is 0.306 e. The van der Waals surface area contributed by atoms with Crippen LogP contribution < -0.4 is 0 Å². The topological polar surface area (TPSA) is 9.72 Å². The van der Waals surface area contributed by atoms with Gasteiger partial charge in [0.25, 0.3) is 0 Å². The van der Waals surface area contributed by atoms with Crippen LogP contribution in [0.15, 0.2) is 0 Å². The van der Waals surface area contributed by atoms with Crippen LogP contribution in [0.4, 0.5) is 0 Å². The Morgan fingerprint density at radius 3 is 2.22 bits per heavy atom. The van der Waals surface area contributed by atoms with Crippen molar-refractivity contribution in [1.82, 2.24) is 14.7 Å². The number of hydrogen-bond donors (Lipinski definition) is 0. The lowest BCUT2D eigenvalue weighted by Crippen LogP contribution is -2.37. The fraction of sp³-hybridized carbons (Fsp3) is 1.00. The average Bonchev–Trinajstić information content (AvgIpc) is 2.73. The fourth-order valence-corrected chi connectivity index (χ4v) is 4.21. The first-order valence-corrected chi connectivity index (χ1v) is 7.80. The molecule has 0 aromatic rings. The lowest BCUT2D eigenvalue weighted by Gasteiger charge is -2.31. The molecule has 0 aliphatic carbocycles. The summed E-state index contributed by atoms with van der Waals surface area (Å²) in [6.45, 7) is 9.44. The minimum Gasteiger partial charge on any atom is -0.306 e. The fourth-order valence-electron chi connectivity index (χ4n) is 4.21. The highest BCUT2D eigenvalue weighted by Gasteiger charge is 2.36. The number of rotatable bonds is 2. The summed E-state index contributed by atoms with van der Waals surface area (Å²) < 4.78 is 0. The Morgan fingerprint density at radius 2 is 1.44 bits per heavy atom. The van der Waals surface area contributed by atoms with Gasteiger partial charge in [0.2, 0.25) is 0 Å². The van der Waals surface area contributed by atoms with E-state index in [1.807, 2.05) is 0 Å². The average molecular weight is 251 g/mol. The van der Waals surface area contributed by atoms with E-state index in [-0.39, 0.29) is 0 Å². The van der Waals surface area contributed by atoms with Gasteiger partial charge >= 0.3 is 0 Å². The molecule has 3 heterocycles. The van der Waals surface area contributed by atoms with Crippen molar-refractivity contribution in [2.45, 2.75) is 19.3 Å². The molecule has 0 amide bonds. The lowest BCUT2D eigenvalue weighted by atomic mass is 9.89. The zero-order chi connectivity index (χ0) is 12.5. The van der Waals surface area contributed by atoms with Gasteiger partial charge in [-0.3, -0.25) is 0 Å². The molecule has 0 saturated carbocycles. The third kappa shape index (κ3) is 2.89. The molecule has 3 heteroatoms. The van der Waals surface area contributed by atoms with Gasteiger partial charge in [0, 0.05) is 26.2 Å². The second-order valence-corrected chi connectivity index (χ2v) is 7.04. The molecule has 104 valence electrons. The predicted octanol–water partition coefficient (Wildman–Crippen LogP) is 1.21. The minimum atomic E-state index is 0.968. The lowest BCUT2D eigenvalue weighted by molar-refractivity contribution is 0.171. The predicted molar refractivity (Wildman–Crippen MR) is 75.8 cm³/mol. The van der Waals surface area contributed by atoms with E-state index in [2.05, 4.69) is 28.8 Å². The summed E-state index contributed by atoms with van der Waals surface area (Å²) >= 11 is 0. The van der Waals surface area contributed by atoms with Gasteiger partial charge in [-0.15, -0.1) is 0 Å². The van der Waals surface area contributed by atoms with Gasteiger partial charge in [-0.25, -0.2) is 0 Å². The Bertz CT molecular complexity index is 273. The van der Waals surface area contributed by atoms with Crippen LogP contribution in [0.1, 0.15) is 19.3 Å². The smallest absolute Gasteiger partial charge is 0.00253 e. The Labute approximate surface area is 112 Å². The van der Waals surface area contributed by atoms with Crippen molar-refractivity contribution >= 4 is 0 Å². The Balaban J connectivity index is 1.47. The van der Waals surface area contributed by atoms with Gasteiger partial charge in [-0.2, -0.15) is 0 Å². The van der Waals surface area contributed by atoms with Crippen molar-refractivity contribution in [3.05, 3.63) is 0 Å². The molecule has 0 aromatic heterocycles. The molecular formula is C15H29N3. The van der Waals surface area contributed by atoms with Crippen molar-refractivity contribution in [3.8, 4) is 0 Å². The molecule has 0 unspecified atom stereocenters. The second-order valence-electron chi connectivity index (χ2n) is 7.04. The summed E-state index contributed by atoms with van der Waals surface area (Å²) in [6.07, 6.45) is 4.27. The third-order valence-corrected chi connectivity index (χ3v) is 5.43. The zero-order valence-corrected chi connectivity index (χ0v) is 12.1. The number of hydrogen-bond acceptors (Lipinski definition) is 3. The maximum Gasteiger partial charge on any atom is 0.00253 e. The van der Waals surface area contributed by atoms with E-state index in [4.69, 9.17) is 0 Å². The van der Waals surface area contributed by atoms with Crippen molar-refractivity contribution in [2.24, 2.45) is 17.8 Å². The Hall–Kier alpha value is -0.120. The highest BCUT2D eigenvalue weighted by molar-refractivity contribution is 4.90. The minimum absolute atomic E-state index is 0.968. The van der Waals surface area contributed by atoms with E-state index < -0.39 is 0 Å². The summed E-state index contributed by atoms with van der Waals surface area (Å²) in [5.41, 5.74) is 0. The molecule has 3 nitrogen and oxygen atoms in total. The molecule has 0 bridgehead atoms. The van der Waals surface area contributed by atoms with Crippen LogP contribution in [-0.2, 0) is 0 Å². The summed E-state index contributed by atoms with van der Waals surface area (Å²) in [5, 5.41) is 0. The molecule has 0 N–H and O–H groups in total. The molecule has 3 rings (SSSR count). The van der Waals surface area contributed by atoms with Gasteiger partial charge in [-0.1, -0.05) is 0 Å². The van der Waals surface area contributed by atoms with Crippen LogP contribution in [0, 0.1) is 17.8 Å². The van der Waals surface area contributed by atoms with Crippen molar-refractivity contribution in [2.75, 3.05) is 59.9 Å². The van der Waals surface area contributed by atoms with Gasteiger partial charge in [0.15, 0.2) is 0 Å². The van der Waals surface area contributed by atoms with Crippen LogP contribution >= 0.6 is 0 Å². The van der Waals surface area contributed by atoms with Gasteiger partial charge in [-0.05, 0) is 70.7 Å². The number of piperidine rings is 2. The van der Waals surface area contributed by atoms with E-state index >= 15 is 0 Å². The summed E-state index contributed by atoms with van der Waals surface area (Å²) in [4.78, 5) is 7.79. The number of nitrogens with zero attached hydrogens (tertiary/aromatic N) is 3. The molecule has 18 heavy (non-hydrogen) atoms.